The Kier molecular flexibility index (Phi) is 3.99. The third-order valence-corrected chi connectivity index (χ3v) is 2.59. The van der Waals surface area contributed by atoms with E-state index in [1.807, 2.05) is 0 Å². The average molecular weight is 352 g/mol. The van der Waals surface area contributed by atoms with Gasteiger partial charge in [0.15, 0.2) is 6.61 Å². The van der Waals surface area contributed by atoms with Crippen LogP contribution in [0.4, 0.5) is 17.6 Å². The van der Waals surface area contributed by atoms with Crippen molar-refractivity contribution in [3.63, 3.8) is 0 Å². The van der Waals surface area contributed by atoms with Crippen molar-refractivity contribution in [2.45, 2.75) is 6.18 Å². The average Bonchev–Trinajstić information content (AvgIpc) is 2.07. The molecule has 0 aliphatic rings. The summed E-state index contributed by atoms with van der Waals surface area (Å²) in [7, 11) is 0. The summed E-state index contributed by atoms with van der Waals surface area (Å²) in [5, 5.41) is 0. The first-order valence-corrected chi connectivity index (χ1v) is 5.22. The van der Waals surface area contributed by atoms with Crippen LogP contribution in [0.3, 0.4) is 0 Å². The van der Waals surface area contributed by atoms with Gasteiger partial charge in [-0.3, -0.25) is 0 Å². The number of rotatable bonds is 2. The van der Waals surface area contributed by atoms with Crippen molar-refractivity contribution in [2.24, 2.45) is 0 Å². The predicted molar refractivity (Wildman–Crippen MR) is 53.4 cm³/mol. The molecule has 0 amide bonds. The number of hydrogen-bond donors (Lipinski definition) is 0. The summed E-state index contributed by atoms with van der Waals surface area (Å²) in [4.78, 5) is 0. The van der Waals surface area contributed by atoms with Gasteiger partial charge in [-0.25, -0.2) is 4.39 Å². The van der Waals surface area contributed by atoms with Crippen molar-refractivity contribution in [1.29, 1.82) is 0 Å². The maximum absolute atomic E-state index is 12.9. The number of alkyl halides is 3. The van der Waals surface area contributed by atoms with Crippen LogP contribution in [0.5, 0.6) is 5.75 Å². The highest BCUT2D eigenvalue weighted by molar-refractivity contribution is 9.11. The lowest BCUT2D eigenvalue weighted by Crippen LogP contribution is -2.19. The van der Waals surface area contributed by atoms with E-state index in [1.165, 1.54) is 0 Å². The molecule has 0 aliphatic heterocycles. The summed E-state index contributed by atoms with van der Waals surface area (Å²) in [5.74, 6) is -0.651. The molecule has 0 aromatic heterocycles. The first kappa shape index (κ1) is 12.8. The van der Waals surface area contributed by atoms with Crippen LogP contribution in [0.25, 0.3) is 0 Å². The van der Waals surface area contributed by atoms with Crippen LogP contribution in [-0.2, 0) is 0 Å². The molecule has 0 saturated carbocycles. The fourth-order valence-corrected chi connectivity index (χ4v) is 1.53. The molecule has 0 heterocycles. The van der Waals surface area contributed by atoms with Gasteiger partial charge >= 0.3 is 6.18 Å². The molecule has 0 saturated heterocycles. The molecule has 0 bridgehead atoms. The predicted octanol–water partition coefficient (Wildman–Crippen LogP) is 4.29. The van der Waals surface area contributed by atoms with Crippen molar-refractivity contribution in [3.8, 4) is 5.75 Å². The zero-order valence-electron chi connectivity index (χ0n) is 7.04. The minimum absolute atomic E-state index is 0.0443. The minimum Gasteiger partial charge on any atom is -0.483 e. The standard InChI is InChI=1S/C8H4Br2F4O/c9-4-2-7(5(10)1-6(4)11)15-3-8(12,13)14/h1-2H,3H2. The van der Waals surface area contributed by atoms with Crippen LogP contribution in [0.2, 0.25) is 0 Å². The highest BCUT2D eigenvalue weighted by Gasteiger charge is 2.28. The van der Waals surface area contributed by atoms with Crippen LogP contribution in [0, 0.1) is 5.82 Å². The molecule has 1 nitrogen and oxygen atoms in total. The molecule has 0 N–H and O–H groups in total. The highest BCUT2D eigenvalue weighted by atomic mass is 79.9. The first-order chi connectivity index (χ1) is 6.79. The fraction of sp³-hybridized carbons (Fsp3) is 0.250. The SMILES string of the molecule is Fc1cc(Br)c(OCC(F)(F)F)cc1Br. The smallest absolute Gasteiger partial charge is 0.422 e. The molecule has 0 fully saturated rings. The van der Waals surface area contributed by atoms with E-state index in [0.717, 1.165) is 12.1 Å². The quantitative estimate of drug-likeness (QED) is 0.570. The molecule has 1 aromatic carbocycles. The Balaban J connectivity index is 2.82. The van der Waals surface area contributed by atoms with E-state index in [2.05, 4.69) is 36.6 Å². The van der Waals surface area contributed by atoms with Gasteiger partial charge in [0.1, 0.15) is 11.6 Å². The second kappa shape index (κ2) is 4.69. The van der Waals surface area contributed by atoms with Crippen LogP contribution in [0.15, 0.2) is 21.1 Å². The Morgan fingerprint density at radius 2 is 1.73 bits per heavy atom. The normalized spacial score (nSPS) is 11.6. The van der Waals surface area contributed by atoms with Gasteiger partial charge in [0.05, 0.1) is 8.95 Å². The van der Waals surface area contributed by atoms with Gasteiger partial charge < -0.3 is 4.74 Å². The first-order valence-electron chi connectivity index (χ1n) is 3.63. The van der Waals surface area contributed by atoms with Gasteiger partial charge in [0, 0.05) is 0 Å². The van der Waals surface area contributed by atoms with E-state index >= 15 is 0 Å². The van der Waals surface area contributed by atoms with E-state index in [4.69, 9.17) is 0 Å². The molecule has 0 spiro atoms. The maximum Gasteiger partial charge on any atom is 0.422 e. The molecule has 0 radical (unpaired) electrons. The van der Waals surface area contributed by atoms with E-state index in [-0.39, 0.29) is 14.7 Å². The van der Waals surface area contributed by atoms with Crippen molar-refractivity contribution >= 4 is 31.9 Å². The van der Waals surface area contributed by atoms with Crippen molar-refractivity contribution in [3.05, 3.63) is 26.9 Å². The van der Waals surface area contributed by atoms with Crippen LogP contribution in [-0.4, -0.2) is 12.8 Å². The number of hydrogen-bond acceptors (Lipinski definition) is 1. The van der Waals surface area contributed by atoms with E-state index in [9.17, 15) is 17.6 Å². The van der Waals surface area contributed by atoms with Crippen molar-refractivity contribution in [1.82, 2.24) is 0 Å². The summed E-state index contributed by atoms with van der Waals surface area (Å²) in [6.45, 7) is -1.41. The highest BCUT2D eigenvalue weighted by Crippen LogP contribution is 2.31. The van der Waals surface area contributed by atoms with Crippen molar-refractivity contribution in [2.75, 3.05) is 6.61 Å². The lowest BCUT2D eigenvalue weighted by molar-refractivity contribution is -0.153. The molecular weight excluding hydrogens is 348 g/mol. The van der Waals surface area contributed by atoms with E-state index < -0.39 is 18.6 Å². The summed E-state index contributed by atoms with van der Waals surface area (Å²) in [5.41, 5.74) is 0. The molecule has 15 heavy (non-hydrogen) atoms. The zero-order chi connectivity index (χ0) is 11.6. The van der Waals surface area contributed by atoms with Crippen molar-refractivity contribution < 1.29 is 22.3 Å². The van der Waals surface area contributed by atoms with Gasteiger partial charge in [-0.15, -0.1) is 0 Å². The second-order valence-corrected chi connectivity index (χ2v) is 4.31. The molecular formula is C8H4Br2F4O. The Hall–Kier alpha value is -0.300. The molecule has 1 aromatic rings. The zero-order valence-corrected chi connectivity index (χ0v) is 10.2. The largest absolute Gasteiger partial charge is 0.483 e. The van der Waals surface area contributed by atoms with Gasteiger partial charge in [-0.1, -0.05) is 0 Å². The van der Waals surface area contributed by atoms with Gasteiger partial charge in [-0.05, 0) is 44.0 Å². The molecule has 0 unspecified atom stereocenters. The van der Waals surface area contributed by atoms with E-state index in [1.54, 1.807) is 0 Å². The van der Waals surface area contributed by atoms with Crippen LogP contribution in [0.1, 0.15) is 0 Å². The summed E-state index contributed by atoms with van der Waals surface area (Å²) in [6.07, 6.45) is -4.42. The van der Waals surface area contributed by atoms with Crippen LogP contribution < -0.4 is 4.74 Å². The second-order valence-electron chi connectivity index (χ2n) is 2.60. The number of halogens is 6. The molecule has 0 aliphatic carbocycles. The lowest BCUT2D eigenvalue weighted by atomic mass is 10.3. The monoisotopic (exact) mass is 350 g/mol. The maximum atomic E-state index is 12.9. The Morgan fingerprint density at radius 1 is 1.13 bits per heavy atom. The molecule has 7 heteroatoms. The third-order valence-electron chi connectivity index (χ3n) is 1.37. The molecule has 84 valence electrons. The third kappa shape index (κ3) is 3.98. The van der Waals surface area contributed by atoms with Gasteiger partial charge in [-0.2, -0.15) is 13.2 Å². The van der Waals surface area contributed by atoms with Gasteiger partial charge in [0.2, 0.25) is 0 Å². The lowest BCUT2D eigenvalue weighted by Gasteiger charge is -2.11. The summed E-state index contributed by atoms with van der Waals surface area (Å²) in [6, 6.07) is 2.15. The van der Waals surface area contributed by atoms with Gasteiger partial charge in [0.25, 0.3) is 0 Å². The Labute approximate surface area is 99.7 Å². The van der Waals surface area contributed by atoms with E-state index in [0.29, 0.717) is 0 Å². The summed E-state index contributed by atoms with van der Waals surface area (Å²) < 4.78 is 53.0. The summed E-state index contributed by atoms with van der Waals surface area (Å²) >= 11 is 5.74. The van der Waals surface area contributed by atoms with Crippen LogP contribution >= 0.6 is 31.9 Å². The Bertz CT molecular complexity index is 364. The number of benzene rings is 1. The molecule has 1 rings (SSSR count). The number of ether oxygens (including phenoxy) is 1. The topological polar surface area (TPSA) is 9.23 Å². The minimum atomic E-state index is -4.42. The fourth-order valence-electron chi connectivity index (χ4n) is 0.775. The Morgan fingerprint density at radius 3 is 2.27 bits per heavy atom. The molecule has 0 atom stereocenters.